The number of benzene rings is 3. The van der Waals surface area contributed by atoms with Crippen molar-refractivity contribution < 1.29 is 9.47 Å². The summed E-state index contributed by atoms with van der Waals surface area (Å²) in [6.07, 6.45) is 4.70. The molecule has 0 N–H and O–H groups in total. The lowest BCUT2D eigenvalue weighted by Crippen LogP contribution is -2.09. The Bertz CT molecular complexity index is 1160. The van der Waals surface area contributed by atoms with Gasteiger partial charge in [-0.3, -0.25) is 0 Å². The molecule has 0 atom stereocenters. The first kappa shape index (κ1) is 21.7. The topological polar surface area (TPSA) is 36.3 Å². The van der Waals surface area contributed by atoms with Crippen molar-refractivity contribution in [3.8, 4) is 11.5 Å². The van der Waals surface area contributed by atoms with E-state index < -0.39 is 0 Å². The van der Waals surface area contributed by atoms with Crippen LogP contribution in [0.15, 0.2) is 85.5 Å². The Hall–Kier alpha value is -3.53. The fourth-order valence-corrected chi connectivity index (χ4v) is 3.79. The maximum Gasteiger partial charge on any atom is 0.147 e. The highest BCUT2D eigenvalue weighted by Crippen LogP contribution is 2.21. The van der Waals surface area contributed by atoms with Gasteiger partial charge in [0.05, 0.1) is 17.6 Å². The number of hydrogen-bond donors (Lipinski definition) is 0. The predicted molar refractivity (Wildman–Crippen MR) is 130 cm³/mol. The summed E-state index contributed by atoms with van der Waals surface area (Å²) < 4.78 is 14.3. The van der Waals surface area contributed by atoms with Gasteiger partial charge in [-0.2, -0.15) is 0 Å². The number of para-hydroxylation sites is 3. The largest absolute Gasteiger partial charge is 0.493 e. The summed E-state index contributed by atoms with van der Waals surface area (Å²) in [5.41, 5.74) is 4.55. The molecule has 0 spiro atoms. The molecule has 0 aliphatic rings. The lowest BCUT2D eigenvalue weighted by Gasteiger charge is -2.12. The van der Waals surface area contributed by atoms with Crippen LogP contribution in [-0.2, 0) is 19.6 Å². The number of rotatable bonds is 11. The average molecular weight is 427 g/mol. The number of allylic oxidation sites excluding steroid dienone is 1. The predicted octanol–water partition coefficient (Wildman–Crippen LogP) is 6.51. The molecule has 0 radical (unpaired) electrons. The smallest absolute Gasteiger partial charge is 0.147 e. The number of imidazole rings is 1. The molecule has 3 aromatic carbocycles. The van der Waals surface area contributed by atoms with Crippen LogP contribution in [0.2, 0.25) is 0 Å². The number of aryl methyl sites for hydroxylation is 2. The van der Waals surface area contributed by atoms with Gasteiger partial charge in [0.25, 0.3) is 0 Å². The molecule has 164 valence electrons. The van der Waals surface area contributed by atoms with E-state index in [1.165, 1.54) is 11.1 Å². The molecule has 0 aliphatic heterocycles. The Labute approximate surface area is 190 Å². The highest BCUT2D eigenvalue weighted by Gasteiger charge is 2.11. The van der Waals surface area contributed by atoms with Crippen LogP contribution in [0.4, 0.5) is 0 Å². The number of aromatic nitrogens is 2. The van der Waals surface area contributed by atoms with E-state index in [-0.39, 0.29) is 0 Å². The molecule has 4 rings (SSSR count). The standard InChI is InChI=1S/C28H30N2O2/c1-3-10-23-11-4-7-14-27(23)31-20-9-8-19-30-26-13-6-5-12-25(26)29-28(30)21-32-24-17-15-22(2)16-18-24/h3-7,11-18H,1,8-10,19-21H2,2H3. The second-order valence-electron chi connectivity index (χ2n) is 7.93. The van der Waals surface area contributed by atoms with Crippen LogP contribution >= 0.6 is 0 Å². The maximum absolute atomic E-state index is 6.04. The minimum absolute atomic E-state index is 0.448. The zero-order chi connectivity index (χ0) is 22.2. The van der Waals surface area contributed by atoms with E-state index in [1.807, 2.05) is 42.5 Å². The van der Waals surface area contributed by atoms with Crippen molar-refractivity contribution in [2.45, 2.75) is 39.3 Å². The quantitative estimate of drug-likeness (QED) is 0.203. The van der Waals surface area contributed by atoms with Crippen LogP contribution < -0.4 is 9.47 Å². The van der Waals surface area contributed by atoms with Gasteiger partial charge in [0, 0.05) is 6.54 Å². The molecular weight excluding hydrogens is 396 g/mol. The van der Waals surface area contributed by atoms with Crippen molar-refractivity contribution in [3.05, 3.63) is 102 Å². The van der Waals surface area contributed by atoms with E-state index in [0.29, 0.717) is 13.2 Å². The number of unbranched alkanes of at least 4 members (excludes halogenated alkanes) is 1. The van der Waals surface area contributed by atoms with E-state index in [4.69, 9.17) is 14.5 Å². The summed E-state index contributed by atoms with van der Waals surface area (Å²) in [6, 6.07) is 24.6. The van der Waals surface area contributed by atoms with Crippen molar-refractivity contribution in [2.24, 2.45) is 0 Å². The van der Waals surface area contributed by atoms with Crippen molar-refractivity contribution >= 4 is 11.0 Å². The van der Waals surface area contributed by atoms with E-state index in [2.05, 4.69) is 54.5 Å². The molecule has 32 heavy (non-hydrogen) atoms. The molecule has 0 saturated heterocycles. The molecule has 4 aromatic rings. The highest BCUT2D eigenvalue weighted by atomic mass is 16.5. The Morgan fingerprint density at radius 2 is 1.69 bits per heavy atom. The third-order valence-electron chi connectivity index (χ3n) is 5.49. The van der Waals surface area contributed by atoms with Crippen LogP contribution in [0.25, 0.3) is 11.0 Å². The Morgan fingerprint density at radius 3 is 2.53 bits per heavy atom. The minimum atomic E-state index is 0.448. The number of ether oxygens (including phenoxy) is 2. The molecule has 0 fully saturated rings. The summed E-state index contributed by atoms with van der Waals surface area (Å²) in [5.74, 6) is 2.76. The van der Waals surface area contributed by atoms with E-state index in [1.54, 1.807) is 0 Å². The molecule has 0 amide bonds. The van der Waals surface area contributed by atoms with Gasteiger partial charge in [-0.25, -0.2) is 4.98 Å². The fraction of sp³-hybridized carbons (Fsp3) is 0.250. The zero-order valence-electron chi connectivity index (χ0n) is 18.7. The third kappa shape index (κ3) is 5.38. The van der Waals surface area contributed by atoms with Crippen LogP contribution in [0.1, 0.15) is 29.8 Å². The highest BCUT2D eigenvalue weighted by molar-refractivity contribution is 5.75. The second kappa shape index (κ2) is 10.7. The van der Waals surface area contributed by atoms with Gasteiger partial charge in [-0.05, 0) is 62.1 Å². The molecule has 0 unspecified atom stereocenters. The van der Waals surface area contributed by atoms with E-state index in [9.17, 15) is 0 Å². The third-order valence-corrected chi connectivity index (χ3v) is 5.49. The Morgan fingerprint density at radius 1 is 0.906 bits per heavy atom. The summed E-state index contributed by atoms with van der Waals surface area (Å²) in [7, 11) is 0. The summed E-state index contributed by atoms with van der Waals surface area (Å²) in [5, 5.41) is 0. The van der Waals surface area contributed by atoms with Crippen molar-refractivity contribution in [2.75, 3.05) is 6.61 Å². The molecule has 0 saturated carbocycles. The minimum Gasteiger partial charge on any atom is -0.493 e. The second-order valence-corrected chi connectivity index (χ2v) is 7.93. The molecule has 0 aliphatic carbocycles. The first-order valence-electron chi connectivity index (χ1n) is 11.2. The summed E-state index contributed by atoms with van der Waals surface area (Å²) in [6.45, 7) is 7.92. The van der Waals surface area contributed by atoms with Gasteiger partial charge in [0.2, 0.25) is 0 Å². The monoisotopic (exact) mass is 426 g/mol. The van der Waals surface area contributed by atoms with Crippen LogP contribution in [0.5, 0.6) is 11.5 Å². The molecular formula is C28H30N2O2. The van der Waals surface area contributed by atoms with Crippen LogP contribution in [-0.4, -0.2) is 16.2 Å². The van der Waals surface area contributed by atoms with Gasteiger partial charge >= 0.3 is 0 Å². The average Bonchev–Trinajstić information content (AvgIpc) is 3.17. The van der Waals surface area contributed by atoms with E-state index in [0.717, 1.165) is 54.2 Å². The van der Waals surface area contributed by atoms with E-state index >= 15 is 0 Å². The molecule has 1 aromatic heterocycles. The van der Waals surface area contributed by atoms with Gasteiger partial charge in [0.15, 0.2) is 0 Å². The first-order chi connectivity index (χ1) is 15.7. The normalized spacial score (nSPS) is 10.9. The Balaban J connectivity index is 1.37. The number of fused-ring (bicyclic) bond motifs is 1. The van der Waals surface area contributed by atoms with Crippen molar-refractivity contribution in [1.29, 1.82) is 0 Å². The summed E-state index contributed by atoms with van der Waals surface area (Å²) >= 11 is 0. The maximum atomic E-state index is 6.04. The van der Waals surface area contributed by atoms with Crippen LogP contribution in [0, 0.1) is 6.92 Å². The first-order valence-corrected chi connectivity index (χ1v) is 11.2. The lowest BCUT2D eigenvalue weighted by molar-refractivity contribution is 0.284. The number of hydrogen-bond acceptors (Lipinski definition) is 3. The molecule has 4 nitrogen and oxygen atoms in total. The number of nitrogens with zero attached hydrogens (tertiary/aromatic N) is 2. The lowest BCUT2D eigenvalue weighted by atomic mass is 10.1. The van der Waals surface area contributed by atoms with Gasteiger partial charge in [-0.15, -0.1) is 6.58 Å². The molecule has 1 heterocycles. The van der Waals surface area contributed by atoms with Gasteiger partial charge in [-0.1, -0.05) is 54.1 Å². The van der Waals surface area contributed by atoms with Gasteiger partial charge < -0.3 is 14.0 Å². The SMILES string of the molecule is C=CCc1ccccc1OCCCCn1c(COc2ccc(C)cc2)nc2ccccc21. The zero-order valence-corrected chi connectivity index (χ0v) is 18.7. The fourth-order valence-electron chi connectivity index (χ4n) is 3.79. The Kier molecular flexibility index (Phi) is 7.23. The van der Waals surface area contributed by atoms with Gasteiger partial charge in [0.1, 0.15) is 23.9 Å². The summed E-state index contributed by atoms with van der Waals surface area (Å²) in [4.78, 5) is 4.82. The van der Waals surface area contributed by atoms with Crippen molar-refractivity contribution in [3.63, 3.8) is 0 Å². The van der Waals surface area contributed by atoms with Crippen LogP contribution in [0.3, 0.4) is 0 Å². The molecule has 4 heteroatoms. The molecule has 0 bridgehead atoms. The van der Waals surface area contributed by atoms with Crippen molar-refractivity contribution in [1.82, 2.24) is 9.55 Å².